The summed E-state index contributed by atoms with van der Waals surface area (Å²) in [6, 6.07) is 9.31. The van der Waals surface area contributed by atoms with Crippen LogP contribution >= 0.6 is 22.9 Å². The van der Waals surface area contributed by atoms with Crippen LogP contribution in [0.1, 0.15) is 33.8 Å². The molecule has 174 valence electrons. The molecule has 1 aliphatic heterocycles. The number of fused-ring (bicyclic) bond motifs is 1. The Morgan fingerprint density at radius 3 is 2.64 bits per heavy atom. The number of benzene rings is 1. The average Bonchev–Trinajstić information content (AvgIpc) is 3.39. The van der Waals surface area contributed by atoms with Crippen LogP contribution in [0.3, 0.4) is 0 Å². The molecule has 33 heavy (non-hydrogen) atoms. The summed E-state index contributed by atoms with van der Waals surface area (Å²) < 4.78 is 11.9. The molecule has 1 fully saturated rings. The lowest BCUT2D eigenvalue weighted by atomic mass is 9.97. The Bertz CT molecular complexity index is 1200. The van der Waals surface area contributed by atoms with Crippen molar-refractivity contribution in [3.8, 4) is 0 Å². The first kappa shape index (κ1) is 23.3. The number of carbonyl (C=O) groups is 3. The van der Waals surface area contributed by atoms with Crippen molar-refractivity contribution in [3.05, 3.63) is 51.5 Å². The molecule has 0 unspecified atom stereocenters. The lowest BCUT2D eigenvalue weighted by molar-refractivity contribution is -0.149. The molecule has 0 atom stereocenters. The van der Waals surface area contributed by atoms with Gasteiger partial charge < -0.3 is 14.4 Å². The molecule has 0 radical (unpaired) electrons. The first-order chi connectivity index (χ1) is 15.9. The number of ether oxygens (including phenoxy) is 2. The molecule has 0 bridgehead atoms. The Hall–Kier alpha value is -2.91. The normalized spacial score (nSPS) is 14.5. The predicted octanol–water partition coefficient (Wildman–Crippen LogP) is 3.68. The van der Waals surface area contributed by atoms with Crippen LogP contribution in [0.15, 0.2) is 30.3 Å². The number of aryl methyl sites for hydroxylation is 1. The Labute approximate surface area is 200 Å². The van der Waals surface area contributed by atoms with Gasteiger partial charge in [-0.3, -0.25) is 14.3 Å². The number of methoxy groups -OCH3 is 1. The summed E-state index contributed by atoms with van der Waals surface area (Å²) in [5.41, 5.74) is 1.74. The van der Waals surface area contributed by atoms with Crippen molar-refractivity contribution in [1.29, 1.82) is 0 Å². The van der Waals surface area contributed by atoms with Crippen LogP contribution in [0, 0.1) is 12.8 Å². The minimum absolute atomic E-state index is 0.186. The fraction of sp³-hybridized carbons (Fsp3) is 0.391. The Morgan fingerprint density at radius 2 is 1.94 bits per heavy atom. The molecule has 1 saturated heterocycles. The highest BCUT2D eigenvalue weighted by molar-refractivity contribution is 7.20. The van der Waals surface area contributed by atoms with E-state index in [1.54, 1.807) is 11.0 Å². The lowest BCUT2D eigenvalue weighted by Gasteiger charge is -2.30. The van der Waals surface area contributed by atoms with Gasteiger partial charge in [-0.15, -0.1) is 11.3 Å². The number of carbonyl (C=O) groups excluding carboxylic acids is 3. The topological polar surface area (TPSA) is 90.7 Å². The second kappa shape index (κ2) is 9.93. The molecule has 10 heteroatoms. The van der Waals surface area contributed by atoms with E-state index in [1.807, 2.05) is 35.9 Å². The van der Waals surface area contributed by atoms with Crippen molar-refractivity contribution >= 4 is 51.0 Å². The fourth-order valence-corrected chi connectivity index (χ4v) is 5.18. The minimum Gasteiger partial charge on any atom is -0.469 e. The summed E-state index contributed by atoms with van der Waals surface area (Å²) in [5, 5.41) is 6.10. The van der Waals surface area contributed by atoms with Crippen molar-refractivity contribution < 1.29 is 23.9 Å². The summed E-state index contributed by atoms with van der Waals surface area (Å²) in [5.74, 6) is -1.25. The number of esters is 2. The first-order valence-electron chi connectivity index (χ1n) is 10.6. The number of hydrogen-bond acceptors (Lipinski definition) is 7. The monoisotopic (exact) mass is 489 g/mol. The number of amides is 1. The molecule has 2 aromatic heterocycles. The molecule has 8 nitrogen and oxygen atoms in total. The van der Waals surface area contributed by atoms with Crippen molar-refractivity contribution in [3.63, 3.8) is 0 Å². The minimum atomic E-state index is -0.544. The Balaban J connectivity index is 1.38. The van der Waals surface area contributed by atoms with Crippen LogP contribution in [-0.4, -0.2) is 59.3 Å². The largest absolute Gasteiger partial charge is 0.469 e. The maximum Gasteiger partial charge on any atom is 0.348 e. The first-order valence-corrected chi connectivity index (χ1v) is 11.8. The van der Waals surface area contributed by atoms with Gasteiger partial charge in [-0.1, -0.05) is 29.8 Å². The molecule has 0 N–H and O–H groups in total. The summed E-state index contributed by atoms with van der Waals surface area (Å²) in [6.45, 7) is 2.92. The second-order valence-electron chi connectivity index (χ2n) is 7.92. The van der Waals surface area contributed by atoms with Crippen molar-refractivity contribution in [2.24, 2.45) is 5.92 Å². The maximum absolute atomic E-state index is 12.6. The van der Waals surface area contributed by atoms with Gasteiger partial charge in [-0.2, -0.15) is 5.10 Å². The fourth-order valence-electron chi connectivity index (χ4n) is 3.93. The zero-order valence-corrected chi connectivity index (χ0v) is 19.9. The molecule has 0 saturated carbocycles. The number of piperidine rings is 1. The van der Waals surface area contributed by atoms with Crippen LogP contribution in [0.25, 0.3) is 10.2 Å². The summed E-state index contributed by atoms with van der Waals surface area (Å²) >= 11 is 7.56. The van der Waals surface area contributed by atoms with E-state index < -0.39 is 5.97 Å². The van der Waals surface area contributed by atoms with Crippen molar-refractivity contribution in [2.75, 3.05) is 26.8 Å². The van der Waals surface area contributed by atoms with E-state index >= 15 is 0 Å². The van der Waals surface area contributed by atoms with Crippen molar-refractivity contribution in [1.82, 2.24) is 14.7 Å². The van der Waals surface area contributed by atoms with Gasteiger partial charge in [0.1, 0.15) is 9.71 Å². The highest BCUT2D eigenvalue weighted by Crippen LogP contribution is 2.30. The highest BCUT2D eigenvalue weighted by Gasteiger charge is 2.28. The van der Waals surface area contributed by atoms with Gasteiger partial charge >= 0.3 is 11.9 Å². The maximum atomic E-state index is 12.6. The number of thiophene rings is 1. The SMILES string of the molecule is COC(=O)C1CCN(C(=O)COC(=O)c2cc3c(C)nn(Cc4ccccc4Cl)c3s2)CC1. The Morgan fingerprint density at radius 1 is 1.21 bits per heavy atom. The molecular weight excluding hydrogens is 466 g/mol. The quantitative estimate of drug-likeness (QED) is 0.490. The molecule has 3 aromatic rings. The second-order valence-corrected chi connectivity index (χ2v) is 9.36. The molecule has 0 spiro atoms. The molecule has 0 aliphatic carbocycles. The van der Waals surface area contributed by atoms with Gasteiger partial charge in [0.25, 0.3) is 5.91 Å². The third-order valence-corrected chi connectivity index (χ3v) is 7.29. The molecule has 1 aromatic carbocycles. The third kappa shape index (κ3) is 5.04. The van der Waals surface area contributed by atoms with Crippen LogP contribution in [-0.2, 0) is 25.6 Å². The van der Waals surface area contributed by atoms with Gasteiger partial charge in [0.2, 0.25) is 0 Å². The van der Waals surface area contributed by atoms with E-state index in [0.717, 1.165) is 21.5 Å². The smallest absolute Gasteiger partial charge is 0.348 e. The van der Waals surface area contributed by atoms with Crippen LogP contribution < -0.4 is 0 Å². The molecule has 4 rings (SSSR count). The highest BCUT2D eigenvalue weighted by atomic mass is 35.5. The number of nitrogens with zero attached hydrogens (tertiary/aromatic N) is 3. The standard InChI is InChI=1S/C23H24ClN3O5S/c1-14-17-11-19(33-21(17)27(25-14)12-16-5-3-4-6-18(16)24)23(30)32-13-20(28)26-9-7-15(8-10-26)22(29)31-2/h3-6,11,15H,7-10,12-13H2,1-2H3. The van der Waals surface area contributed by atoms with Gasteiger partial charge in [0.15, 0.2) is 6.61 Å². The molecular formula is C23H24ClN3O5S. The van der Waals surface area contributed by atoms with Gasteiger partial charge in [-0.25, -0.2) is 4.79 Å². The van der Waals surface area contributed by atoms with E-state index in [4.69, 9.17) is 21.1 Å². The summed E-state index contributed by atoms with van der Waals surface area (Å²) in [6.07, 6.45) is 1.09. The summed E-state index contributed by atoms with van der Waals surface area (Å²) in [7, 11) is 1.36. The Kier molecular flexibility index (Phi) is 6.99. The molecule has 3 heterocycles. The number of rotatable bonds is 6. The van der Waals surface area contributed by atoms with Gasteiger partial charge in [0, 0.05) is 23.5 Å². The van der Waals surface area contributed by atoms with E-state index in [-0.39, 0.29) is 24.4 Å². The zero-order valence-electron chi connectivity index (χ0n) is 18.4. The average molecular weight is 490 g/mol. The van der Waals surface area contributed by atoms with Gasteiger partial charge in [-0.05, 0) is 37.5 Å². The number of likely N-dealkylation sites (tertiary alicyclic amines) is 1. The molecule has 1 amide bonds. The number of hydrogen-bond donors (Lipinski definition) is 0. The van der Waals surface area contributed by atoms with E-state index in [2.05, 4.69) is 5.10 Å². The zero-order chi connectivity index (χ0) is 23.5. The van der Waals surface area contributed by atoms with Crippen LogP contribution in [0.5, 0.6) is 0 Å². The summed E-state index contributed by atoms with van der Waals surface area (Å²) in [4.78, 5) is 39.6. The predicted molar refractivity (Wildman–Crippen MR) is 125 cm³/mol. The van der Waals surface area contributed by atoms with Crippen LogP contribution in [0.4, 0.5) is 0 Å². The van der Waals surface area contributed by atoms with E-state index in [0.29, 0.717) is 42.4 Å². The molecule has 1 aliphatic rings. The number of aromatic nitrogens is 2. The van der Waals surface area contributed by atoms with Crippen molar-refractivity contribution in [2.45, 2.75) is 26.3 Å². The van der Waals surface area contributed by atoms with E-state index in [9.17, 15) is 14.4 Å². The van der Waals surface area contributed by atoms with E-state index in [1.165, 1.54) is 18.4 Å². The van der Waals surface area contributed by atoms with Crippen LogP contribution in [0.2, 0.25) is 5.02 Å². The number of halogens is 1. The van der Waals surface area contributed by atoms with Gasteiger partial charge in [0.05, 0.1) is 25.3 Å². The third-order valence-electron chi connectivity index (χ3n) is 5.80. The lowest BCUT2D eigenvalue weighted by Crippen LogP contribution is -2.42.